The van der Waals surface area contributed by atoms with Gasteiger partial charge in [-0.15, -0.1) is 0 Å². The minimum absolute atomic E-state index is 0.0849. The number of rotatable bonds is 3. The first-order chi connectivity index (χ1) is 9.02. The van der Waals surface area contributed by atoms with Crippen molar-refractivity contribution in [3.63, 3.8) is 0 Å². The molecule has 104 valence electrons. The van der Waals surface area contributed by atoms with Crippen molar-refractivity contribution >= 4 is 11.4 Å². The normalized spacial score (nSPS) is 23.2. The Morgan fingerprint density at radius 1 is 1.53 bits per heavy atom. The first kappa shape index (κ1) is 13.6. The molecule has 6 nitrogen and oxygen atoms in total. The SMILES string of the molecule is COc1ccc(N2CCC(N)CC2C)c([N+](=O)[O-])c1. The number of piperidine rings is 1. The summed E-state index contributed by atoms with van der Waals surface area (Å²) < 4.78 is 5.05. The van der Waals surface area contributed by atoms with Crippen LogP contribution in [0.3, 0.4) is 0 Å². The number of nitrogens with two attached hydrogens (primary N) is 1. The molecular formula is C13H19N3O3. The molecule has 1 fully saturated rings. The van der Waals surface area contributed by atoms with Gasteiger partial charge in [0, 0.05) is 18.6 Å². The lowest BCUT2D eigenvalue weighted by atomic mass is 9.98. The minimum atomic E-state index is -0.362. The highest BCUT2D eigenvalue weighted by Gasteiger charge is 2.28. The molecule has 6 heteroatoms. The molecule has 1 saturated heterocycles. The van der Waals surface area contributed by atoms with Gasteiger partial charge >= 0.3 is 0 Å². The summed E-state index contributed by atoms with van der Waals surface area (Å²) in [5, 5.41) is 11.2. The molecule has 0 bridgehead atoms. The maximum absolute atomic E-state index is 11.2. The number of anilines is 1. The Morgan fingerprint density at radius 2 is 2.26 bits per heavy atom. The van der Waals surface area contributed by atoms with E-state index in [1.54, 1.807) is 12.1 Å². The zero-order valence-electron chi connectivity index (χ0n) is 11.2. The molecule has 0 radical (unpaired) electrons. The van der Waals surface area contributed by atoms with Gasteiger partial charge in [0.25, 0.3) is 5.69 Å². The number of nitrogens with zero attached hydrogens (tertiary/aromatic N) is 2. The maximum atomic E-state index is 11.2. The maximum Gasteiger partial charge on any atom is 0.296 e. The molecule has 0 spiro atoms. The molecule has 2 atom stereocenters. The number of nitro groups is 1. The molecule has 1 aliphatic heterocycles. The van der Waals surface area contributed by atoms with Gasteiger partial charge < -0.3 is 15.4 Å². The van der Waals surface area contributed by atoms with E-state index >= 15 is 0 Å². The van der Waals surface area contributed by atoms with Gasteiger partial charge in [0.2, 0.25) is 0 Å². The standard InChI is InChI=1S/C13H19N3O3/c1-9-7-10(14)5-6-15(9)12-4-3-11(19-2)8-13(12)16(17)18/h3-4,8-10H,5-7,14H2,1-2H3. The zero-order chi connectivity index (χ0) is 14.0. The van der Waals surface area contributed by atoms with Gasteiger partial charge in [-0.1, -0.05) is 0 Å². The highest BCUT2D eigenvalue weighted by molar-refractivity contribution is 5.66. The van der Waals surface area contributed by atoms with Gasteiger partial charge in [0.15, 0.2) is 0 Å². The summed E-state index contributed by atoms with van der Waals surface area (Å²) >= 11 is 0. The van der Waals surface area contributed by atoms with E-state index in [0.717, 1.165) is 19.4 Å². The number of nitro benzene ring substituents is 1. The molecule has 19 heavy (non-hydrogen) atoms. The van der Waals surface area contributed by atoms with Crippen molar-refractivity contribution in [2.75, 3.05) is 18.6 Å². The Kier molecular flexibility index (Phi) is 3.90. The predicted molar refractivity (Wildman–Crippen MR) is 73.7 cm³/mol. The third kappa shape index (κ3) is 2.78. The van der Waals surface area contributed by atoms with Gasteiger partial charge in [-0.05, 0) is 31.9 Å². The zero-order valence-corrected chi connectivity index (χ0v) is 11.2. The monoisotopic (exact) mass is 265 g/mol. The number of methoxy groups -OCH3 is 1. The molecule has 2 N–H and O–H groups in total. The van der Waals surface area contributed by atoms with Gasteiger partial charge in [-0.25, -0.2) is 0 Å². The molecular weight excluding hydrogens is 246 g/mol. The molecule has 0 saturated carbocycles. The number of ether oxygens (including phenoxy) is 1. The van der Waals surface area contributed by atoms with Gasteiger partial charge in [-0.2, -0.15) is 0 Å². The van der Waals surface area contributed by atoms with E-state index in [1.165, 1.54) is 13.2 Å². The van der Waals surface area contributed by atoms with Crippen LogP contribution >= 0.6 is 0 Å². The molecule has 0 aliphatic carbocycles. The number of benzene rings is 1. The van der Waals surface area contributed by atoms with Crippen LogP contribution in [0.25, 0.3) is 0 Å². The predicted octanol–water partition coefficient (Wildman–Crippen LogP) is 1.92. The van der Waals surface area contributed by atoms with E-state index in [0.29, 0.717) is 11.4 Å². The lowest BCUT2D eigenvalue weighted by Gasteiger charge is -2.37. The summed E-state index contributed by atoms with van der Waals surface area (Å²) in [5.74, 6) is 0.497. The quantitative estimate of drug-likeness (QED) is 0.667. The van der Waals surface area contributed by atoms with Crippen LogP contribution in [-0.4, -0.2) is 30.7 Å². The highest BCUT2D eigenvalue weighted by Crippen LogP contribution is 2.35. The van der Waals surface area contributed by atoms with Crippen molar-refractivity contribution in [3.05, 3.63) is 28.3 Å². The minimum Gasteiger partial charge on any atom is -0.496 e. The smallest absolute Gasteiger partial charge is 0.296 e. The fourth-order valence-corrected chi connectivity index (χ4v) is 2.59. The molecule has 2 unspecified atom stereocenters. The molecule has 2 rings (SSSR count). The van der Waals surface area contributed by atoms with E-state index in [2.05, 4.69) is 4.90 Å². The fourth-order valence-electron chi connectivity index (χ4n) is 2.59. The van der Waals surface area contributed by atoms with E-state index < -0.39 is 0 Å². The van der Waals surface area contributed by atoms with E-state index in [9.17, 15) is 10.1 Å². The lowest BCUT2D eigenvalue weighted by Crippen LogP contribution is -2.45. The van der Waals surface area contributed by atoms with Crippen LogP contribution < -0.4 is 15.4 Å². The summed E-state index contributed by atoms with van der Waals surface area (Å²) in [4.78, 5) is 12.9. The van der Waals surface area contributed by atoms with Gasteiger partial charge in [0.05, 0.1) is 18.1 Å². The van der Waals surface area contributed by atoms with Crippen molar-refractivity contribution in [2.24, 2.45) is 5.73 Å². The molecule has 1 aromatic rings. The van der Waals surface area contributed by atoms with Crippen molar-refractivity contribution in [2.45, 2.75) is 31.8 Å². The van der Waals surface area contributed by atoms with E-state index in [-0.39, 0.29) is 22.7 Å². The summed E-state index contributed by atoms with van der Waals surface area (Å²) in [7, 11) is 1.50. The summed E-state index contributed by atoms with van der Waals surface area (Å²) in [5.41, 5.74) is 6.66. The Balaban J connectivity index is 2.36. The lowest BCUT2D eigenvalue weighted by molar-refractivity contribution is -0.384. The molecule has 0 aromatic heterocycles. The molecule has 0 amide bonds. The largest absolute Gasteiger partial charge is 0.496 e. The third-order valence-corrected chi connectivity index (χ3v) is 3.61. The second kappa shape index (κ2) is 5.44. The third-order valence-electron chi connectivity index (χ3n) is 3.61. The van der Waals surface area contributed by atoms with Crippen molar-refractivity contribution in [1.82, 2.24) is 0 Å². The highest BCUT2D eigenvalue weighted by atomic mass is 16.6. The summed E-state index contributed by atoms with van der Waals surface area (Å²) in [6.45, 7) is 2.79. The van der Waals surface area contributed by atoms with Crippen molar-refractivity contribution < 1.29 is 9.66 Å². The van der Waals surface area contributed by atoms with Crippen LogP contribution in [-0.2, 0) is 0 Å². The van der Waals surface area contributed by atoms with Crippen LogP contribution in [0.4, 0.5) is 11.4 Å². The van der Waals surface area contributed by atoms with Crippen molar-refractivity contribution in [1.29, 1.82) is 0 Å². The molecule has 1 heterocycles. The van der Waals surface area contributed by atoms with Crippen LogP contribution in [0.5, 0.6) is 5.75 Å². The Morgan fingerprint density at radius 3 is 2.84 bits per heavy atom. The average molecular weight is 265 g/mol. The Labute approximate surface area is 112 Å². The van der Waals surface area contributed by atoms with Crippen molar-refractivity contribution in [3.8, 4) is 5.75 Å². The van der Waals surface area contributed by atoms with Gasteiger partial charge in [0.1, 0.15) is 11.4 Å². The fraction of sp³-hybridized carbons (Fsp3) is 0.538. The summed E-state index contributed by atoms with van der Waals surface area (Å²) in [6, 6.07) is 5.37. The Bertz CT molecular complexity index is 478. The molecule has 1 aliphatic rings. The summed E-state index contributed by atoms with van der Waals surface area (Å²) in [6.07, 6.45) is 1.71. The van der Waals surface area contributed by atoms with Crippen LogP contribution in [0, 0.1) is 10.1 Å². The first-order valence-electron chi connectivity index (χ1n) is 6.37. The van der Waals surface area contributed by atoms with Crippen LogP contribution in [0.15, 0.2) is 18.2 Å². The second-order valence-electron chi connectivity index (χ2n) is 4.94. The number of hydrogen-bond donors (Lipinski definition) is 1. The first-order valence-corrected chi connectivity index (χ1v) is 6.37. The van der Waals surface area contributed by atoms with E-state index in [4.69, 9.17) is 10.5 Å². The van der Waals surface area contributed by atoms with Crippen LogP contribution in [0.2, 0.25) is 0 Å². The molecule has 1 aromatic carbocycles. The van der Waals surface area contributed by atoms with Gasteiger partial charge in [-0.3, -0.25) is 10.1 Å². The van der Waals surface area contributed by atoms with Crippen LogP contribution in [0.1, 0.15) is 19.8 Å². The van der Waals surface area contributed by atoms with E-state index in [1.807, 2.05) is 6.92 Å². The topological polar surface area (TPSA) is 81.6 Å². The Hall–Kier alpha value is -1.82. The number of hydrogen-bond acceptors (Lipinski definition) is 5. The average Bonchev–Trinajstić information content (AvgIpc) is 2.38. The second-order valence-corrected chi connectivity index (χ2v) is 4.94.